The molecule has 70 valence electrons. The zero-order valence-corrected chi connectivity index (χ0v) is 6.63. The number of amides is 1. The number of nitrogens with zero attached hydrogens (tertiary/aromatic N) is 1. The van der Waals surface area contributed by atoms with Gasteiger partial charge in [-0.05, 0) is 12.8 Å². The van der Waals surface area contributed by atoms with Crippen LogP contribution in [0.15, 0.2) is 0 Å². The maximum Gasteiger partial charge on any atom is 0.409 e. The molecule has 1 heterocycles. The van der Waals surface area contributed by atoms with Crippen molar-refractivity contribution in [3.05, 3.63) is 0 Å². The number of hydrogen-bond acceptors (Lipinski definition) is 2. The average Bonchev–Trinajstić information content (AvgIpc) is 2.51. The van der Waals surface area contributed by atoms with Crippen LogP contribution in [0, 0.1) is 0 Å². The lowest BCUT2D eigenvalue weighted by atomic mass is 10.4. The van der Waals surface area contributed by atoms with Crippen molar-refractivity contribution >= 4 is 6.09 Å². The van der Waals surface area contributed by atoms with E-state index in [2.05, 4.69) is 4.74 Å². The predicted molar refractivity (Wildman–Crippen MR) is 38.2 cm³/mol. The lowest BCUT2D eigenvalue weighted by Gasteiger charge is -2.14. The molecule has 0 spiro atoms. The molecule has 0 saturated carbocycles. The second-order valence-corrected chi connectivity index (χ2v) is 2.66. The van der Waals surface area contributed by atoms with Gasteiger partial charge in [0, 0.05) is 13.1 Å². The van der Waals surface area contributed by atoms with E-state index in [1.807, 2.05) is 0 Å². The summed E-state index contributed by atoms with van der Waals surface area (Å²) >= 11 is 0. The Kier molecular flexibility index (Phi) is 3.25. The van der Waals surface area contributed by atoms with Crippen molar-refractivity contribution < 1.29 is 18.3 Å². The van der Waals surface area contributed by atoms with Crippen molar-refractivity contribution in [2.45, 2.75) is 19.3 Å². The van der Waals surface area contributed by atoms with Crippen LogP contribution in [0.25, 0.3) is 0 Å². The summed E-state index contributed by atoms with van der Waals surface area (Å²) in [7, 11) is 0. The van der Waals surface area contributed by atoms with Gasteiger partial charge in [-0.25, -0.2) is 13.6 Å². The third-order valence-electron chi connectivity index (χ3n) is 1.70. The maximum absolute atomic E-state index is 11.6. The lowest BCUT2D eigenvalue weighted by Crippen LogP contribution is -2.29. The van der Waals surface area contributed by atoms with E-state index in [0.29, 0.717) is 13.1 Å². The third kappa shape index (κ3) is 2.64. The summed E-state index contributed by atoms with van der Waals surface area (Å²) in [5.41, 5.74) is 0. The van der Waals surface area contributed by atoms with Gasteiger partial charge in [-0.15, -0.1) is 0 Å². The molecule has 3 nitrogen and oxygen atoms in total. The average molecular weight is 179 g/mol. The Balaban J connectivity index is 2.18. The molecule has 1 amide bonds. The first kappa shape index (κ1) is 9.22. The van der Waals surface area contributed by atoms with Gasteiger partial charge in [0.1, 0.15) is 0 Å². The fraction of sp³-hybridized carbons (Fsp3) is 0.857. The van der Waals surface area contributed by atoms with Gasteiger partial charge in [0.15, 0.2) is 6.61 Å². The highest BCUT2D eigenvalue weighted by Crippen LogP contribution is 2.09. The Bertz CT molecular complexity index is 157. The number of hydrogen-bond donors (Lipinski definition) is 0. The van der Waals surface area contributed by atoms with Gasteiger partial charge >= 0.3 is 6.09 Å². The largest absolute Gasteiger partial charge is 0.443 e. The quantitative estimate of drug-likeness (QED) is 0.642. The Labute approximate surface area is 69.3 Å². The van der Waals surface area contributed by atoms with Gasteiger partial charge in [-0.1, -0.05) is 0 Å². The van der Waals surface area contributed by atoms with Crippen molar-refractivity contribution in [1.29, 1.82) is 0 Å². The van der Waals surface area contributed by atoms with E-state index < -0.39 is 19.1 Å². The fourth-order valence-electron chi connectivity index (χ4n) is 1.13. The highest BCUT2D eigenvalue weighted by atomic mass is 19.3. The van der Waals surface area contributed by atoms with Crippen molar-refractivity contribution in [2.75, 3.05) is 19.7 Å². The van der Waals surface area contributed by atoms with E-state index in [1.165, 1.54) is 4.90 Å². The molecule has 0 aromatic carbocycles. The molecular formula is C7H11F2NO2. The van der Waals surface area contributed by atoms with Crippen LogP contribution in [0.2, 0.25) is 0 Å². The van der Waals surface area contributed by atoms with E-state index in [1.54, 1.807) is 0 Å². The summed E-state index contributed by atoms with van der Waals surface area (Å²) in [5, 5.41) is 0. The number of ether oxygens (including phenoxy) is 1. The molecule has 12 heavy (non-hydrogen) atoms. The highest BCUT2D eigenvalue weighted by Gasteiger charge is 2.19. The zero-order chi connectivity index (χ0) is 8.97. The number of carbonyl (C=O) groups excluding carboxylic acids is 1. The number of rotatable bonds is 2. The SMILES string of the molecule is O=C(OCC(F)F)N1CCCC1. The van der Waals surface area contributed by atoms with Gasteiger partial charge in [0.25, 0.3) is 6.43 Å². The molecule has 1 fully saturated rings. The number of carbonyl (C=O) groups is 1. The summed E-state index contributed by atoms with van der Waals surface area (Å²) < 4.78 is 27.5. The molecule has 0 bridgehead atoms. The molecule has 0 aliphatic carbocycles. The molecular weight excluding hydrogens is 168 g/mol. The van der Waals surface area contributed by atoms with E-state index in [9.17, 15) is 13.6 Å². The van der Waals surface area contributed by atoms with Crippen LogP contribution in [-0.2, 0) is 4.74 Å². The Morgan fingerprint density at radius 3 is 2.50 bits per heavy atom. The second-order valence-electron chi connectivity index (χ2n) is 2.66. The van der Waals surface area contributed by atoms with Gasteiger partial charge < -0.3 is 9.64 Å². The van der Waals surface area contributed by atoms with Crippen molar-refractivity contribution in [2.24, 2.45) is 0 Å². The molecule has 0 aromatic rings. The van der Waals surface area contributed by atoms with E-state index in [-0.39, 0.29) is 0 Å². The Morgan fingerprint density at radius 1 is 1.42 bits per heavy atom. The molecule has 5 heteroatoms. The first-order chi connectivity index (χ1) is 5.70. The molecule has 1 saturated heterocycles. The van der Waals surface area contributed by atoms with Gasteiger partial charge in [0.05, 0.1) is 0 Å². The summed E-state index contributed by atoms with van der Waals surface area (Å²) in [5.74, 6) is 0. The lowest BCUT2D eigenvalue weighted by molar-refractivity contribution is 0.0348. The van der Waals surface area contributed by atoms with Gasteiger partial charge in [0.2, 0.25) is 0 Å². The summed E-state index contributed by atoms with van der Waals surface area (Å²) in [6.07, 6.45) is -1.32. The molecule has 0 unspecified atom stereocenters. The molecule has 0 radical (unpaired) electrons. The highest BCUT2D eigenvalue weighted by molar-refractivity contribution is 5.67. The maximum atomic E-state index is 11.6. The van der Waals surface area contributed by atoms with Crippen molar-refractivity contribution in [3.8, 4) is 0 Å². The second kappa shape index (κ2) is 4.23. The molecule has 0 aromatic heterocycles. The minimum atomic E-state index is -2.57. The summed E-state index contributed by atoms with van der Waals surface area (Å²) in [6, 6.07) is 0. The summed E-state index contributed by atoms with van der Waals surface area (Å²) in [4.78, 5) is 12.4. The van der Waals surface area contributed by atoms with Gasteiger partial charge in [-0.3, -0.25) is 0 Å². The van der Waals surface area contributed by atoms with Crippen LogP contribution in [-0.4, -0.2) is 37.1 Å². The first-order valence-corrected chi connectivity index (χ1v) is 3.90. The predicted octanol–water partition coefficient (Wildman–Crippen LogP) is 1.48. The van der Waals surface area contributed by atoms with Gasteiger partial charge in [-0.2, -0.15) is 0 Å². The molecule has 1 aliphatic heterocycles. The van der Waals surface area contributed by atoms with Crippen LogP contribution < -0.4 is 0 Å². The van der Waals surface area contributed by atoms with Crippen LogP contribution in [0.5, 0.6) is 0 Å². The topological polar surface area (TPSA) is 29.5 Å². The summed E-state index contributed by atoms with van der Waals surface area (Å²) in [6.45, 7) is 0.458. The van der Waals surface area contributed by atoms with Crippen LogP contribution in [0.1, 0.15) is 12.8 Å². The number of alkyl halides is 2. The number of likely N-dealkylation sites (tertiary alicyclic amines) is 1. The Morgan fingerprint density at radius 2 is 2.00 bits per heavy atom. The van der Waals surface area contributed by atoms with Crippen molar-refractivity contribution in [1.82, 2.24) is 4.90 Å². The van der Waals surface area contributed by atoms with E-state index >= 15 is 0 Å². The molecule has 1 rings (SSSR count). The number of halogens is 2. The first-order valence-electron chi connectivity index (χ1n) is 3.90. The standard InChI is InChI=1S/C7H11F2NO2/c8-6(9)5-12-7(11)10-3-1-2-4-10/h6H,1-5H2. The normalized spacial score (nSPS) is 17.1. The zero-order valence-electron chi connectivity index (χ0n) is 6.63. The minimum Gasteiger partial charge on any atom is -0.443 e. The van der Waals surface area contributed by atoms with E-state index in [4.69, 9.17) is 0 Å². The molecule has 1 aliphatic rings. The Hall–Kier alpha value is -0.870. The fourth-order valence-corrected chi connectivity index (χ4v) is 1.13. The third-order valence-corrected chi connectivity index (χ3v) is 1.70. The van der Waals surface area contributed by atoms with E-state index in [0.717, 1.165) is 12.8 Å². The van der Waals surface area contributed by atoms with Crippen LogP contribution in [0.4, 0.5) is 13.6 Å². The van der Waals surface area contributed by atoms with Crippen LogP contribution in [0.3, 0.4) is 0 Å². The molecule has 0 atom stereocenters. The van der Waals surface area contributed by atoms with Crippen molar-refractivity contribution in [3.63, 3.8) is 0 Å². The monoisotopic (exact) mass is 179 g/mol. The minimum absolute atomic E-state index is 0.618. The molecule has 0 N–H and O–H groups in total. The van der Waals surface area contributed by atoms with Crippen LogP contribution >= 0.6 is 0 Å². The smallest absolute Gasteiger partial charge is 0.409 e.